The minimum Gasteiger partial charge on any atom is -0.550 e. The number of esters is 1. The number of carboxylic acids is 2. The average Bonchev–Trinajstić information content (AvgIpc) is 1.60. The number of halogens is 2. The summed E-state index contributed by atoms with van der Waals surface area (Å²) in [6.45, 7) is 8.81. The molecule has 0 radical (unpaired) electrons. The number of carbonyl (C=O) groups excluding carboxylic acids is 5. The molecule has 5 atom stereocenters. The number of ether oxygens (including phenoxy) is 1. The molecular weight excluding hydrogens is 1200 g/mol. The first-order valence-electron chi connectivity index (χ1n) is 30.6. The summed E-state index contributed by atoms with van der Waals surface area (Å²) >= 11 is 0. The first-order chi connectivity index (χ1) is 43.6. The van der Waals surface area contributed by atoms with Gasteiger partial charge in [0.05, 0.1) is 40.8 Å². The number of unbranched alkanes of at least 4 members (excludes halogenated alkanes) is 1. The van der Waals surface area contributed by atoms with Crippen molar-refractivity contribution in [1.82, 2.24) is 9.13 Å². The molecule has 0 saturated heterocycles. The molecule has 8 rings (SSSR count). The zero-order valence-corrected chi connectivity index (χ0v) is 54.5. The number of amides is 2. The van der Waals surface area contributed by atoms with E-state index in [2.05, 4.69) is 10.6 Å². The summed E-state index contributed by atoms with van der Waals surface area (Å²) in [6, 6.07) is 48.3. The maximum Gasteiger partial charge on any atom is 2.00 e. The Labute approximate surface area is 565 Å². The molecular formula is C72H80CaF2N6O11. The summed E-state index contributed by atoms with van der Waals surface area (Å²) < 4.78 is 37.6. The van der Waals surface area contributed by atoms with E-state index in [1.807, 2.05) is 134 Å². The number of hydrogen-bond donors (Lipinski definition) is 7. The van der Waals surface area contributed by atoms with Crippen LogP contribution in [0.15, 0.2) is 170 Å². The van der Waals surface area contributed by atoms with Gasteiger partial charge in [0.2, 0.25) is 0 Å². The summed E-state index contributed by atoms with van der Waals surface area (Å²) in [4.78, 5) is 63.4. The van der Waals surface area contributed by atoms with Crippen LogP contribution in [0.1, 0.15) is 129 Å². The molecule has 0 aliphatic heterocycles. The summed E-state index contributed by atoms with van der Waals surface area (Å²) in [5, 5.41) is 60.4. The third-order valence-electron chi connectivity index (χ3n) is 15.4. The van der Waals surface area contributed by atoms with Crippen molar-refractivity contribution in [3.63, 3.8) is 0 Å². The Balaban J connectivity index is 0.000000294. The van der Waals surface area contributed by atoms with Gasteiger partial charge in [-0.25, -0.2) is 8.78 Å². The monoisotopic (exact) mass is 1280 g/mol. The molecule has 0 aliphatic carbocycles. The summed E-state index contributed by atoms with van der Waals surface area (Å²) in [5.41, 5.74) is 20.7. The van der Waals surface area contributed by atoms with Gasteiger partial charge in [-0.1, -0.05) is 131 Å². The average molecular weight is 1280 g/mol. The van der Waals surface area contributed by atoms with Gasteiger partial charge >= 0.3 is 43.7 Å². The SMILES string of the molecule is CC(C)c1c(C(=O)Nc2ccccc2)c(-c2ccccc2)c(-c2ccc(F)cc2)n1CC[C@@H](O)C[C@@H](O)CC(=O)[O-].CC(C)c1c(C(=O)Nc2ccccc2)c(-c2ccccc2)c(-c2ccc(F)cc2)n1CC[C@@H](O)C[C@H](CC(=O)[O-])OC(=O)[C@H](N)CCCCN.[Ca+2]. The van der Waals surface area contributed by atoms with E-state index in [1.54, 1.807) is 48.5 Å². The summed E-state index contributed by atoms with van der Waals surface area (Å²) in [5.74, 6) is -5.31. The van der Waals surface area contributed by atoms with Crippen molar-refractivity contribution in [3.8, 4) is 44.8 Å². The Morgan fingerprint density at radius 3 is 1.26 bits per heavy atom. The molecule has 0 spiro atoms. The minimum atomic E-state index is -1.43. The Kier molecular flexibility index (Phi) is 28.5. The Morgan fingerprint density at radius 1 is 0.511 bits per heavy atom. The number of aliphatic carboxylic acids is 2. The maximum atomic E-state index is 14.3. The van der Waals surface area contributed by atoms with E-state index in [4.69, 9.17) is 16.2 Å². The smallest absolute Gasteiger partial charge is 0.550 e. The second-order valence-electron chi connectivity index (χ2n) is 23.1. The number of aliphatic hydroxyl groups is 3. The number of nitrogens with zero attached hydrogens (tertiary/aromatic N) is 2. The van der Waals surface area contributed by atoms with Gasteiger partial charge in [0.25, 0.3) is 11.8 Å². The van der Waals surface area contributed by atoms with Gasteiger partial charge in [0, 0.05) is 78.2 Å². The second-order valence-corrected chi connectivity index (χ2v) is 23.1. The van der Waals surface area contributed by atoms with Crippen LogP contribution in [-0.2, 0) is 32.2 Å². The Morgan fingerprint density at radius 2 is 0.891 bits per heavy atom. The molecule has 8 aromatic rings. The van der Waals surface area contributed by atoms with Crippen molar-refractivity contribution in [3.05, 3.63) is 204 Å². The van der Waals surface area contributed by atoms with Crippen LogP contribution in [0.3, 0.4) is 0 Å². The molecule has 20 heteroatoms. The molecule has 6 aromatic carbocycles. The van der Waals surface area contributed by atoms with Crippen LogP contribution in [0.4, 0.5) is 20.2 Å². The molecule has 17 nitrogen and oxygen atoms in total. The first kappa shape index (κ1) is 73.2. The van der Waals surface area contributed by atoms with Crippen molar-refractivity contribution >= 4 is 78.8 Å². The van der Waals surface area contributed by atoms with Gasteiger partial charge < -0.3 is 71.1 Å². The van der Waals surface area contributed by atoms with Gasteiger partial charge in [-0.15, -0.1) is 0 Å². The third-order valence-corrected chi connectivity index (χ3v) is 15.4. The number of rotatable bonds is 30. The fraction of sp³-hybridized carbons (Fsp3) is 0.319. The van der Waals surface area contributed by atoms with E-state index < -0.39 is 72.8 Å². The van der Waals surface area contributed by atoms with E-state index in [-0.39, 0.29) is 100 Å². The Hall–Kier alpha value is -7.85. The van der Waals surface area contributed by atoms with E-state index >= 15 is 0 Å². The van der Waals surface area contributed by atoms with Gasteiger partial charge in [-0.3, -0.25) is 14.4 Å². The van der Waals surface area contributed by atoms with E-state index in [0.717, 1.165) is 16.8 Å². The number of hydrogen-bond acceptors (Lipinski definition) is 13. The normalized spacial score (nSPS) is 12.8. The van der Waals surface area contributed by atoms with Crippen LogP contribution in [0.25, 0.3) is 44.8 Å². The standard InChI is InChI=1S/C39H47FN4O6.C33H35FN2O5.Ca/c1-25(2)36-35(38(48)43-29-13-7-4-8-14-29)34(26-11-5-3-6-12-26)37(27-16-18-28(40)19-17-27)44(36)22-20-30(45)23-31(24-33(46)47)50-39(49)32(42)15-9-10-21-41;1-21(2)31-30(33(41)35-25-11-7-4-8-12-25)29(22-9-5-3-6-10-22)32(23-13-15-24(34)16-14-23)36(31)18-17-26(37)19-27(38)20-28(39)40;/h3-8,11-14,16-19,25,30-32,45H,9-10,15,20-24,41-42H2,1-2H3,(H,43,48)(H,46,47);3-16,21,26-27,37-38H,17-20H2,1-2H3,(H,35,41)(H,39,40);/q;;+2/p-2/t30-,31-,32-;26-,27-;/m11./s1. The largest absolute Gasteiger partial charge is 2.00 e. The number of nitrogens with two attached hydrogens (primary N) is 2. The second kappa shape index (κ2) is 35.8. The maximum absolute atomic E-state index is 14.3. The number of anilines is 2. The molecule has 2 amide bonds. The number of carbonyl (C=O) groups is 5. The number of carboxylic acid groups (broad SMARTS) is 2. The van der Waals surface area contributed by atoms with Crippen LogP contribution in [-0.4, -0.2) is 129 Å². The van der Waals surface area contributed by atoms with Crippen molar-refractivity contribution in [2.45, 2.75) is 141 Å². The fourth-order valence-electron chi connectivity index (χ4n) is 11.3. The molecule has 0 bridgehead atoms. The van der Waals surface area contributed by atoms with Crippen LogP contribution in [0, 0.1) is 11.6 Å². The van der Waals surface area contributed by atoms with Gasteiger partial charge in [-0.05, 0) is 146 Å². The summed E-state index contributed by atoms with van der Waals surface area (Å²) in [7, 11) is 0. The summed E-state index contributed by atoms with van der Waals surface area (Å²) in [6.07, 6.45) is -4.09. The predicted octanol–water partition coefficient (Wildman–Crippen LogP) is 9.58. The molecule has 0 fully saturated rings. The van der Waals surface area contributed by atoms with Crippen molar-refractivity contribution in [2.24, 2.45) is 11.5 Å². The quantitative estimate of drug-likeness (QED) is 0.0126. The molecule has 2 aromatic heterocycles. The van der Waals surface area contributed by atoms with E-state index in [0.29, 0.717) is 87.6 Å². The van der Waals surface area contributed by atoms with Gasteiger partial charge in [0.15, 0.2) is 0 Å². The number of aliphatic hydroxyl groups excluding tert-OH is 3. The van der Waals surface area contributed by atoms with Crippen molar-refractivity contribution in [1.29, 1.82) is 0 Å². The number of para-hydroxylation sites is 2. The topological polar surface area (TPSA) is 287 Å². The molecule has 0 unspecified atom stereocenters. The van der Waals surface area contributed by atoms with Crippen molar-refractivity contribution < 1.29 is 63.0 Å². The molecule has 0 saturated carbocycles. The van der Waals surface area contributed by atoms with E-state index in [9.17, 15) is 58.3 Å². The van der Waals surface area contributed by atoms with Gasteiger partial charge in [0.1, 0.15) is 23.8 Å². The van der Waals surface area contributed by atoms with Crippen LogP contribution in [0.2, 0.25) is 0 Å². The fourth-order valence-corrected chi connectivity index (χ4v) is 11.3. The van der Waals surface area contributed by atoms with Gasteiger partial charge in [-0.2, -0.15) is 0 Å². The molecule has 2 heterocycles. The molecule has 0 aliphatic rings. The number of aromatic nitrogens is 2. The Bertz CT molecular complexity index is 3670. The van der Waals surface area contributed by atoms with Crippen LogP contribution < -0.4 is 32.3 Å². The zero-order valence-electron chi connectivity index (χ0n) is 52.3. The van der Waals surface area contributed by atoms with Crippen LogP contribution in [0.5, 0.6) is 0 Å². The van der Waals surface area contributed by atoms with Crippen LogP contribution >= 0.6 is 0 Å². The zero-order chi connectivity index (χ0) is 65.7. The third kappa shape index (κ3) is 20.3. The predicted molar refractivity (Wildman–Crippen MR) is 350 cm³/mol. The van der Waals surface area contributed by atoms with E-state index in [1.165, 1.54) is 24.3 Å². The molecule has 9 N–H and O–H groups in total. The van der Waals surface area contributed by atoms with Crippen molar-refractivity contribution in [2.75, 3.05) is 17.2 Å². The number of nitrogens with one attached hydrogen (secondary N) is 2. The molecule has 480 valence electrons. The number of benzene rings is 6. The molecule has 92 heavy (non-hydrogen) atoms. The minimum absolute atomic E-state index is 0. The first-order valence-corrected chi connectivity index (χ1v) is 30.6.